The van der Waals surface area contributed by atoms with Gasteiger partial charge < -0.3 is 30.5 Å². The second-order valence-electron chi connectivity index (χ2n) is 15.3. The maximum atomic E-state index is 13.7. The zero-order valence-electron chi connectivity index (χ0n) is 33.2. The predicted molar refractivity (Wildman–Crippen MR) is 222 cm³/mol. The molecule has 310 valence electrons. The number of hydrogen-bond donors (Lipinski definition) is 4. The van der Waals surface area contributed by atoms with E-state index >= 15 is 0 Å². The lowest BCUT2D eigenvalue weighted by Crippen LogP contribution is -2.64. The van der Waals surface area contributed by atoms with Crippen LogP contribution in [0.3, 0.4) is 0 Å². The largest absolute Gasteiger partial charge is 0.379 e. The van der Waals surface area contributed by atoms with Crippen molar-refractivity contribution in [1.29, 1.82) is 0 Å². The molecule has 2 atom stereocenters. The van der Waals surface area contributed by atoms with Crippen LogP contribution in [-0.2, 0) is 9.53 Å². The third-order valence-corrected chi connectivity index (χ3v) is 11.8. The molecule has 0 bridgehead atoms. The summed E-state index contributed by atoms with van der Waals surface area (Å²) in [5, 5.41) is 15.9. The molecule has 7 heterocycles. The molecular weight excluding hydrogens is 771 g/mol. The number of hydrogen-bond acceptors (Lipinski definition) is 13. The maximum Gasteiger partial charge on any atom is 0.328 e. The van der Waals surface area contributed by atoms with Gasteiger partial charge in [0.1, 0.15) is 28.7 Å². The van der Waals surface area contributed by atoms with Crippen LogP contribution in [0.25, 0.3) is 11.5 Å². The van der Waals surface area contributed by atoms with Crippen molar-refractivity contribution < 1.29 is 23.9 Å². The Morgan fingerprint density at radius 3 is 2.38 bits per heavy atom. The van der Waals surface area contributed by atoms with Crippen LogP contribution in [0, 0.1) is 0 Å². The molecule has 4 fully saturated rings. The van der Waals surface area contributed by atoms with Crippen molar-refractivity contribution in [3.63, 3.8) is 0 Å². The van der Waals surface area contributed by atoms with Gasteiger partial charge in [-0.05, 0) is 61.4 Å². The molecule has 4 N–H and O–H groups in total. The van der Waals surface area contributed by atoms with Crippen LogP contribution in [-0.4, -0.2) is 136 Å². The summed E-state index contributed by atoms with van der Waals surface area (Å²) in [4.78, 5) is 81.3. The van der Waals surface area contributed by atoms with Gasteiger partial charge in [-0.15, -0.1) is 0 Å². The van der Waals surface area contributed by atoms with Crippen molar-refractivity contribution >= 4 is 58.1 Å². The summed E-state index contributed by atoms with van der Waals surface area (Å²) >= 11 is 0. The minimum absolute atomic E-state index is 0.0264. The summed E-state index contributed by atoms with van der Waals surface area (Å²) in [7, 11) is 3.36. The number of ether oxygens (including phenoxy) is 1. The van der Waals surface area contributed by atoms with Crippen molar-refractivity contribution in [3.8, 4) is 5.82 Å². The Morgan fingerprint density at radius 1 is 0.917 bits per heavy atom. The van der Waals surface area contributed by atoms with Crippen LogP contribution in [0.1, 0.15) is 40.0 Å². The highest BCUT2D eigenvalue weighted by atomic mass is 16.5. The fourth-order valence-electron chi connectivity index (χ4n) is 8.12. The van der Waals surface area contributed by atoms with Gasteiger partial charge in [-0.2, -0.15) is 9.61 Å². The van der Waals surface area contributed by atoms with Gasteiger partial charge in [0.05, 0.1) is 23.9 Å². The van der Waals surface area contributed by atoms with Gasteiger partial charge in [0.15, 0.2) is 5.65 Å². The van der Waals surface area contributed by atoms with Crippen molar-refractivity contribution in [2.75, 3.05) is 80.4 Å². The Morgan fingerprint density at radius 2 is 1.70 bits per heavy atom. The Balaban J connectivity index is 0.797. The summed E-state index contributed by atoms with van der Waals surface area (Å²) in [5.74, 6) is 0.560. The number of likely N-dealkylation sites (tertiary alicyclic amines) is 1. The van der Waals surface area contributed by atoms with Crippen molar-refractivity contribution in [1.82, 2.24) is 44.6 Å². The van der Waals surface area contributed by atoms with Gasteiger partial charge in [-0.25, -0.2) is 14.8 Å². The quantitative estimate of drug-likeness (QED) is 0.151. The van der Waals surface area contributed by atoms with E-state index in [4.69, 9.17) is 4.74 Å². The first-order valence-corrected chi connectivity index (χ1v) is 20.0. The van der Waals surface area contributed by atoms with Gasteiger partial charge in [-0.1, -0.05) is 0 Å². The Hall–Kier alpha value is -6.86. The third-order valence-electron chi connectivity index (χ3n) is 11.8. The number of nitrogens with zero attached hydrogens (tertiary/aromatic N) is 9. The molecule has 1 aromatic carbocycles. The molecule has 19 nitrogen and oxygen atoms in total. The zero-order valence-corrected chi connectivity index (χ0v) is 33.2. The molecule has 60 heavy (non-hydrogen) atoms. The van der Waals surface area contributed by atoms with E-state index in [1.165, 1.54) is 21.5 Å². The maximum absolute atomic E-state index is 13.7. The number of urea groups is 1. The van der Waals surface area contributed by atoms with E-state index in [9.17, 15) is 24.0 Å². The number of imide groups is 1. The number of rotatable bonds is 11. The molecule has 4 aliphatic rings. The fraction of sp³-hybridized carbons (Fsp3) is 0.366. The van der Waals surface area contributed by atoms with Crippen molar-refractivity contribution in [2.45, 2.75) is 37.5 Å². The lowest BCUT2D eigenvalue weighted by atomic mass is 9.89. The molecule has 19 heteroatoms. The fourth-order valence-corrected chi connectivity index (χ4v) is 8.12. The first kappa shape index (κ1) is 38.6. The minimum atomic E-state index is -0.394. The lowest BCUT2D eigenvalue weighted by molar-refractivity contribution is -0.120. The molecule has 9 rings (SSSR count). The normalized spacial score (nSPS) is 19.7. The molecule has 1 saturated carbocycles. The van der Waals surface area contributed by atoms with Gasteiger partial charge in [0, 0.05) is 102 Å². The Labute approximate surface area is 344 Å². The number of benzene rings is 1. The molecule has 5 aromatic rings. The second kappa shape index (κ2) is 16.1. The average Bonchev–Trinajstić information content (AvgIpc) is 3.67. The highest BCUT2D eigenvalue weighted by Crippen LogP contribution is 2.27. The number of nitrogens with one attached hydrogen (secondary N) is 4. The SMILES string of the molecule is CNc1cc(Nc2cccn(-c3ccc(C(=O)N4CC(N5CCN(c6ccc(N7CCC(=O)NC7=O)cc6)CC5)C4)cn3)c2=O)nc2c(C(=O)N[C@@H]3CC[C@H]3OC)cnn12. The molecule has 0 spiro atoms. The first-order chi connectivity index (χ1) is 29.2. The van der Waals surface area contributed by atoms with Gasteiger partial charge in [-0.3, -0.25) is 38.9 Å². The Bertz CT molecular complexity index is 2510. The summed E-state index contributed by atoms with van der Waals surface area (Å²) in [6.07, 6.45) is 6.54. The number of amides is 5. The Kier molecular flexibility index (Phi) is 10.3. The van der Waals surface area contributed by atoms with E-state index in [0.717, 1.165) is 50.4 Å². The van der Waals surface area contributed by atoms with Crippen LogP contribution in [0.5, 0.6) is 0 Å². The monoisotopic (exact) mass is 815 g/mol. The summed E-state index contributed by atoms with van der Waals surface area (Å²) in [6.45, 7) is 5.02. The van der Waals surface area contributed by atoms with E-state index in [1.54, 1.807) is 55.6 Å². The van der Waals surface area contributed by atoms with Crippen molar-refractivity contribution in [3.05, 3.63) is 94.7 Å². The van der Waals surface area contributed by atoms with E-state index in [0.29, 0.717) is 53.9 Å². The molecule has 0 radical (unpaired) electrons. The number of anilines is 5. The van der Waals surface area contributed by atoms with Crippen LogP contribution >= 0.6 is 0 Å². The minimum Gasteiger partial charge on any atom is -0.379 e. The van der Waals surface area contributed by atoms with Crippen LogP contribution in [0.2, 0.25) is 0 Å². The second-order valence-corrected chi connectivity index (χ2v) is 15.3. The number of carbonyl (C=O) groups is 4. The smallest absolute Gasteiger partial charge is 0.328 e. The third kappa shape index (κ3) is 7.36. The number of fused-ring (bicyclic) bond motifs is 1. The molecule has 5 amide bonds. The van der Waals surface area contributed by atoms with Crippen LogP contribution < -0.4 is 36.6 Å². The number of methoxy groups -OCH3 is 1. The number of carbonyl (C=O) groups excluding carboxylic acids is 4. The summed E-state index contributed by atoms with van der Waals surface area (Å²) < 4.78 is 8.34. The van der Waals surface area contributed by atoms with Gasteiger partial charge in [0.2, 0.25) is 5.91 Å². The molecule has 1 aliphatic carbocycles. The van der Waals surface area contributed by atoms with E-state index in [2.05, 4.69) is 46.1 Å². The summed E-state index contributed by atoms with van der Waals surface area (Å²) in [5.41, 5.74) is 2.73. The highest BCUT2D eigenvalue weighted by molar-refractivity contribution is 6.05. The highest BCUT2D eigenvalue weighted by Gasteiger charge is 2.37. The molecule has 4 aromatic heterocycles. The molecule has 3 saturated heterocycles. The molecule has 3 aliphatic heterocycles. The molecular formula is C41H45N13O6. The van der Waals surface area contributed by atoms with E-state index < -0.39 is 6.03 Å². The van der Waals surface area contributed by atoms with Crippen LogP contribution in [0.4, 0.5) is 33.5 Å². The van der Waals surface area contributed by atoms with Gasteiger partial charge >= 0.3 is 6.03 Å². The van der Waals surface area contributed by atoms with E-state index in [-0.39, 0.29) is 53.6 Å². The van der Waals surface area contributed by atoms with E-state index in [1.807, 2.05) is 29.2 Å². The number of aromatic nitrogens is 5. The van der Waals surface area contributed by atoms with Crippen LogP contribution in [0.15, 0.2) is 78.0 Å². The predicted octanol–water partition coefficient (Wildman–Crippen LogP) is 2.06. The standard InChI is InChI=1S/C41H45N13O6/c1-42-35-20-33(47-37-29(22-44-54(35)37)38(56)46-30-10-11-32(30)60-2)45-31-4-3-14-53(40(31)58)34-12-5-25(21-43-34)39(57)51-23-28(24-51)50-18-16-49(17-19-50)26-6-8-27(9-7-26)52-15-13-36(55)48-41(52)59/h3-9,12,14,20-22,28,30,32,42H,10-11,13,15-19,23-24H2,1-2H3,(H,45,47)(H,46,56)(H,48,55,59)/t30-,32-/m1/s1. The topological polar surface area (TPSA) is 204 Å². The van der Waals surface area contributed by atoms with Gasteiger partial charge in [0.25, 0.3) is 17.4 Å². The summed E-state index contributed by atoms with van der Waals surface area (Å²) in [6, 6.07) is 16.0. The lowest BCUT2D eigenvalue weighted by Gasteiger charge is -2.48. The molecule has 0 unspecified atom stereocenters. The number of pyridine rings is 2. The first-order valence-electron chi connectivity index (χ1n) is 20.0. The average molecular weight is 816 g/mol. The zero-order chi connectivity index (χ0) is 41.5. The number of piperazine rings is 1. The van der Waals surface area contributed by atoms with Crippen molar-refractivity contribution in [2.24, 2.45) is 0 Å².